The fraction of sp³-hybridized carbons (Fsp3) is 0.278. The summed E-state index contributed by atoms with van der Waals surface area (Å²) >= 11 is 0. The SMILES string of the molecule is CCC(C)n1c2cncc(O)c2c2c(NC=O)c(CC(=O)O)ccc21. The molecule has 0 bridgehead atoms. The fourth-order valence-electron chi connectivity index (χ4n) is 3.29. The number of benzene rings is 1. The van der Waals surface area contributed by atoms with Crippen molar-refractivity contribution in [2.75, 3.05) is 5.32 Å². The number of hydrogen-bond donors (Lipinski definition) is 3. The molecule has 3 N–H and O–H groups in total. The van der Waals surface area contributed by atoms with Crippen LogP contribution in [0.4, 0.5) is 5.69 Å². The van der Waals surface area contributed by atoms with Crippen molar-refractivity contribution in [3.8, 4) is 5.75 Å². The van der Waals surface area contributed by atoms with E-state index in [1.165, 1.54) is 6.20 Å². The maximum atomic E-state index is 11.2. The van der Waals surface area contributed by atoms with Gasteiger partial charge in [0.2, 0.25) is 6.41 Å². The molecule has 0 aliphatic heterocycles. The Kier molecular flexibility index (Phi) is 4.31. The van der Waals surface area contributed by atoms with Crippen molar-refractivity contribution in [2.24, 2.45) is 0 Å². The lowest BCUT2D eigenvalue weighted by atomic mass is 10.0. The molecule has 0 spiro atoms. The molecular weight excluding hydrogens is 322 g/mol. The van der Waals surface area contributed by atoms with Gasteiger partial charge in [-0.15, -0.1) is 0 Å². The molecule has 7 nitrogen and oxygen atoms in total. The minimum absolute atomic E-state index is 0.00835. The number of carboxylic acid groups (broad SMARTS) is 1. The van der Waals surface area contributed by atoms with Crippen molar-refractivity contribution >= 4 is 39.9 Å². The molecule has 0 fully saturated rings. The molecule has 1 unspecified atom stereocenters. The quantitative estimate of drug-likeness (QED) is 0.598. The van der Waals surface area contributed by atoms with Crippen LogP contribution in [0.5, 0.6) is 5.75 Å². The third-order valence-corrected chi connectivity index (χ3v) is 4.52. The Balaban J connectivity index is 2.50. The number of aliphatic carboxylic acids is 1. The number of carbonyl (C=O) groups excluding carboxylic acids is 1. The third-order valence-electron chi connectivity index (χ3n) is 4.52. The molecule has 0 saturated carbocycles. The van der Waals surface area contributed by atoms with Crippen molar-refractivity contribution in [2.45, 2.75) is 32.7 Å². The van der Waals surface area contributed by atoms with E-state index in [1.807, 2.05) is 6.07 Å². The van der Waals surface area contributed by atoms with E-state index < -0.39 is 5.97 Å². The maximum absolute atomic E-state index is 11.2. The molecule has 1 aromatic carbocycles. The van der Waals surface area contributed by atoms with Crippen LogP contribution in [0.25, 0.3) is 21.8 Å². The second-order valence-corrected chi connectivity index (χ2v) is 6.01. The standard InChI is InChI=1S/C18H19N3O4/c1-3-10(2)21-12-5-4-11(6-15(24)25)18(20-9-22)17(12)16-13(21)7-19-8-14(16)23/h4-5,7-10,23H,3,6H2,1-2H3,(H,20,22)(H,24,25). The summed E-state index contributed by atoms with van der Waals surface area (Å²) in [4.78, 5) is 26.4. The highest BCUT2D eigenvalue weighted by Gasteiger charge is 2.22. The predicted octanol–water partition coefficient (Wildman–Crippen LogP) is 3.06. The minimum atomic E-state index is -0.996. The van der Waals surface area contributed by atoms with E-state index in [2.05, 4.69) is 28.7 Å². The zero-order valence-electron chi connectivity index (χ0n) is 14.0. The van der Waals surface area contributed by atoms with Crippen LogP contribution >= 0.6 is 0 Å². The molecule has 130 valence electrons. The summed E-state index contributed by atoms with van der Waals surface area (Å²) in [6.07, 6.45) is 4.17. The van der Waals surface area contributed by atoms with E-state index in [9.17, 15) is 14.7 Å². The topological polar surface area (TPSA) is 104 Å². The molecule has 1 atom stereocenters. The second-order valence-electron chi connectivity index (χ2n) is 6.01. The summed E-state index contributed by atoms with van der Waals surface area (Å²) in [5.41, 5.74) is 2.44. The van der Waals surface area contributed by atoms with E-state index in [-0.39, 0.29) is 18.2 Å². The summed E-state index contributed by atoms with van der Waals surface area (Å²) in [6.45, 7) is 4.11. The van der Waals surface area contributed by atoms with Crippen LogP contribution in [0.2, 0.25) is 0 Å². The maximum Gasteiger partial charge on any atom is 0.307 e. The summed E-state index contributed by atoms with van der Waals surface area (Å²) in [5.74, 6) is -1.00. The largest absolute Gasteiger partial charge is 0.506 e. The van der Waals surface area contributed by atoms with E-state index in [1.54, 1.807) is 12.3 Å². The number of rotatable bonds is 6. The van der Waals surface area contributed by atoms with Gasteiger partial charge in [0.1, 0.15) is 5.75 Å². The van der Waals surface area contributed by atoms with Gasteiger partial charge in [-0.3, -0.25) is 14.6 Å². The highest BCUT2D eigenvalue weighted by molar-refractivity contribution is 6.18. The summed E-state index contributed by atoms with van der Waals surface area (Å²) in [6, 6.07) is 3.66. The Morgan fingerprint density at radius 1 is 1.32 bits per heavy atom. The van der Waals surface area contributed by atoms with E-state index in [0.29, 0.717) is 28.4 Å². The lowest BCUT2D eigenvalue weighted by Crippen LogP contribution is -2.07. The zero-order valence-corrected chi connectivity index (χ0v) is 14.0. The van der Waals surface area contributed by atoms with E-state index in [0.717, 1.165) is 17.5 Å². The highest BCUT2D eigenvalue weighted by Crippen LogP contribution is 2.41. The van der Waals surface area contributed by atoms with Gasteiger partial charge in [-0.05, 0) is 25.0 Å². The van der Waals surface area contributed by atoms with Crippen molar-refractivity contribution in [3.63, 3.8) is 0 Å². The van der Waals surface area contributed by atoms with Crippen LogP contribution in [0.15, 0.2) is 24.5 Å². The molecule has 2 heterocycles. The number of aromatic nitrogens is 2. The van der Waals surface area contributed by atoms with Gasteiger partial charge in [0.15, 0.2) is 0 Å². The Hall–Kier alpha value is -3.09. The molecule has 0 aliphatic carbocycles. The number of carboxylic acids is 1. The van der Waals surface area contributed by atoms with Gasteiger partial charge in [0, 0.05) is 11.4 Å². The number of fused-ring (bicyclic) bond motifs is 3. The predicted molar refractivity (Wildman–Crippen MR) is 94.9 cm³/mol. The molecule has 2 aromatic heterocycles. The smallest absolute Gasteiger partial charge is 0.307 e. The van der Waals surface area contributed by atoms with E-state index >= 15 is 0 Å². The van der Waals surface area contributed by atoms with Gasteiger partial charge in [0.25, 0.3) is 0 Å². The molecule has 1 amide bonds. The Labute approximate surface area is 143 Å². The first-order chi connectivity index (χ1) is 12.0. The van der Waals surface area contributed by atoms with Crippen molar-refractivity contribution in [3.05, 3.63) is 30.1 Å². The van der Waals surface area contributed by atoms with E-state index in [4.69, 9.17) is 5.11 Å². The molecule has 3 aromatic rings. The van der Waals surface area contributed by atoms with Crippen molar-refractivity contribution in [1.29, 1.82) is 0 Å². The summed E-state index contributed by atoms with van der Waals surface area (Å²) in [7, 11) is 0. The lowest BCUT2D eigenvalue weighted by Gasteiger charge is -2.15. The minimum Gasteiger partial charge on any atom is -0.506 e. The number of nitrogens with one attached hydrogen (secondary N) is 1. The highest BCUT2D eigenvalue weighted by atomic mass is 16.4. The monoisotopic (exact) mass is 341 g/mol. The summed E-state index contributed by atoms with van der Waals surface area (Å²) < 4.78 is 2.05. The van der Waals surface area contributed by atoms with Crippen LogP contribution in [-0.2, 0) is 16.0 Å². The Morgan fingerprint density at radius 3 is 2.72 bits per heavy atom. The van der Waals surface area contributed by atoms with Gasteiger partial charge in [0.05, 0.1) is 40.9 Å². The van der Waals surface area contributed by atoms with Gasteiger partial charge in [-0.25, -0.2) is 0 Å². The van der Waals surface area contributed by atoms with Crippen LogP contribution in [0, 0.1) is 0 Å². The van der Waals surface area contributed by atoms with Crippen LogP contribution in [0.3, 0.4) is 0 Å². The van der Waals surface area contributed by atoms with Gasteiger partial charge in [-0.1, -0.05) is 13.0 Å². The fourth-order valence-corrected chi connectivity index (χ4v) is 3.29. The lowest BCUT2D eigenvalue weighted by molar-refractivity contribution is -0.136. The average Bonchev–Trinajstić information content (AvgIpc) is 2.91. The van der Waals surface area contributed by atoms with Crippen LogP contribution < -0.4 is 5.32 Å². The number of amides is 1. The molecule has 25 heavy (non-hydrogen) atoms. The number of nitrogens with zero attached hydrogens (tertiary/aromatic N) is 2. The van der Waals surface area contributed by atoms with Crippen LogP contribution in [0.1, 0.15) is 31.9 Å². The molecule has 7 heteroatoms. The van der Waals surface area contributed by atoms with Gasteiger partial charge >= 0.3 is 5.97 Å². The van der Waals surface area contributed by atoms with Crippen molar-refractivity contribution < 1.29 is 19.8 Å². The normalized spacial score (nSPS) is 12.4. The zero-order chi connectivity index (χ0) is 18.1. The molecule has 3 rings (SSSR count). The van der Waals surface area contributed by atoms with Crippen molar-refractivity contribution in [1.82, 2.24) is 9.55 Å². The molecular formula is C18H19N3O4. The first kappa shape index (κ1) is 16.8. The van der Waals surface area contributed by atoms with Gasteiger partial charge < -0.3 is 20.1 Å². The first-order valence-corrected chi connectivity index (χ1v) is 8.04. The Morgan fingerprint density at radius 2 is 2.08 bits per heavy atom. The number of hydrogen-bond acceptors (Lipinski definition) is 4. The van der Waals surface area contributed by atoms with Crippen LogP contribution in [-0.4, -0.2) is 32.1 Å². The first-order valence-electron chi connectivity index (χ1n) is 8.04. The molecule has 0 saturated heterocycles. The number of aromatic hydroxyl groups is 1. The second kappa shape index (κ2) is 6.43. The number of carbonyl (C=O) groups is 2. The number of anilines is 1. The van der Waals surface area contributed by atoms with Gasteiger partial charge in [-0.2, -0.15) is 0 Å². The number of pyridine rings is 1. The third kappa shape index (κ3) is 2.67. The summed E-state index contributed by atoms with van der Waals surface area (Å²) in [5, 5.41) is 23.4. The average molecular weight is 341 g/mol. The molecule has 0 aliphatic rings. The Bertz CT molecular complexity index is 978. The molecule has 0 radical (unpaired) electrons.